The number of thioether (sulfide) groups is 1. The summed E-state index contributed by atoms with van der Waals surface area (Å²) in [6, 6.07) is 12.5. The fraction of sp³-hybridized carbons (Fsp3) is 0.364. The molecule has 2 amide bonds. The lowest BCUT2D eigenvalue weighted by atomic mass is 10.1. The molecule has 0 aliphatic heterocycles. The van der Waals surface area contributed by atoms with Crippen molar-refractivity contribution in [1.29, 1.82) is 0 Å². The first kappa shape index (κ1) is 25.1. The molecule has 0 unspecified atom stereocenters. The van der Waals surface area contributed by atoms with Crippen LogP contribution in [-0.4, -0.2) is 34.6 Å². The minimum absolute atomic E-state index is 0.00122. The van der Waals surface area contributed by atoms with E-state index in [-0.39, 0.29) is 23.6 Å². The van der Waals surface area contributed by atoms with Crippen LogP contribution in [0.1, 0.15) is 31.9 Å². The van der Waals surface area contributed by atoms with Gasteiger partial charge in [-0.2, -0.15) is 0 Å². The van der Waals surface area contributed by atoms with E-state index in [4.69, 9.17) is 23.2 Å². The number of carbonyl (C=O) groups is 2. The molecule has 2 aromatic carbocycles. The maximum absolute atomic E-state index is 13.1. The number of rotatable bonds is 9. The van der Waals surface area contributed by atoms with Crippen LogP contribution in [0, 0.1) is 0 Å². The Morgan fingerprint density at radius 2 is 1.67 bits per heavy atom. The Balaban J connectivity index is 2.10. The maximum atomic E-state index is 13.1. The maximum Gasteiger partial charge on any atom is 0.242 e. The molecule has 0 aromatic heterocycles. The third kappa shape index (κ3) is 7.49. The first-order chi connectivity index (χ1) is 14.2. The van der Waals surface area contributed by atoms with Crippen molar-refractivity contribution < 1.29 is 9.59 Å². The molecule has 2 aromatic rings. The predicted octanol–water partition coefficient (Wildman–Crippen LogP) is 5.93. The average Bonchev–Trinajstić information content (AvgIpc) is 2.68. The Labute approximate surface area is 200 Å². The highest BCUT2D eigenvalue weighted by atomic mass is 79.9. The van der Waals surface area contributed by atoms with Crippen LogP contribution in [0.5, 0.6) is 0 Å². The first-order valence-electron chi connectivity index (χ1n) is 9.54. The number of benzene rings is 2. The summed E-state index contributed by atoms with van der Waals surface area (Å²) in [5.41, 5.74) is 1.76. The Bertz CT molecular complexity index is 858. The zero-order chi connectivity index (χ0) is 22.3. The van der Waals surface area contributed by atoms with Crippen LogP contribution in [0.4, 0.5) is 0 Å². The van der Waals surface area contributed by atoms with Crippen molar-refractivity contribution in [1.82, 2.24) is 10.2 Å². The standard InChI is InChI=1S/C22H25BrCl2N2O2S/c1-14(2)26-22(29)15(3)27(11-16-7-9-17(23)10-8-16)21(28)13-30-12-18-19(24)5-4-6-20(18)25/h4-10,14-15H,11-13H2,1-3H3,(H,26,29)/t15-/m1/s1. The summed E-state index contributed by atoms with van der Waals surface area (Å²) in [6.07, 6.45) is 0. The molecular formula is C22H25BrCl2N2O2S. The third-order valence-electron chi connectivity index (χ3n) is 4.40. The number of hydrogen-bond acceptors (Lipinski definition) is 3. The second kappa shape index (κ2) is 12.0. The van der Waals surface area contributed by atoms with Crippen molar-refractivity contribution >= 4 is 62.7 Å². The molecule has 0 fully saturated rings. The zero-order valence-electron chi connectivity index (χ0n) is 17.1. The molecule has 0 saturated carbocycles. The van der Waals surface area contributed by atoms with E-state index in [1.165, 1.54) is 11.8 Å². The largest absolute Gasteiger partial charge is 0.352 e. The van der Waals surface area contributed by atoms with Gasteiger partial charge in [-0.3, -0.25) is 9.59 Å². The molecule has 0 aliphatic carbocycles. The summed E-state index contributed by atoms with van der Waals surface area (Å²) in [5.74, 6) is 0.451. The normalized spacial score (nSPS) is 12.0. The van der Waals surface area contributed by atoms with Crippen molar-refractivity contribution in [3.63, 3.8) is 0 Å². The second-order valence-corrected chi connectivity index (χ2v) is 9.90. The SMILES string of the molecule is CC(C)NC(=O)[C@@H](C)N(Cc1ccc(Br)cc1)C(=O)CSCc1c(Cl)cccc1Cl. The number of carbonyl (C=O) groups excluding carboxylic acids is 2. The minimum atomic E-state index is -0.590. The summed E-state index contributed by atoms with van der Waals surface area (Å²) in [6.45, 7) is 5.90. The predicted molar refractivity (Wildman–Crippen MR) is 130 cm³/mol. The highest BCUT2D eigenvalue weighted by Crippen LogP contribution is 2.28. The molecule has 4 nitrogen and oxygen atoms in total. The lowest BCUT2D eigenvalue weighted by molar-refractivity contribution is -0.138. The van der Waals surface area contributed by atoms with Crippen LogP contribution in [0.2, 0.25) is 10.0 Å². The topological polar surface area (TPSA) is 49.4 Å². The van der Waals surface area contributed by atoms with Gasteiger partial charge in [0.25, 0.3) is 0 Å². The molecule has 30 heavy (non-hydrogen) atoms. The number of hydrogen-bond donors (Lipinski definition) is 1. The van der Waals surface area contributed by atoms with Gasteiger partial charge in [-0.15, -0.1) is 11.8 Å². The minimum Gasteiger partial charge on any atom is -0.352 e. The van der Waals surface area contributed by atoms with Crippen LogP contribution in [0.15, 0.2) is 46.9 Å². The smallest absolute Gasteiger partial charge is 0.242 e. The van der Waals surface area contributed by atoms with Gasteiger partial charge in [0, 0.05) is 32.9 Å². The van der Waals surface area contributed by atoms with Gasteiger partial charge in [0.2, 0.25) is 11.8 Å². The number of halogens is 3. The molecule has 0 saturated heterocycles. The molecule has 0 spiro atoms. The van der Waals surface area contributed by atoms with Gasteiger partial charge in [-0.05, 0) is 56.2 Å². The van der Waals surface area contributed by atoms with Gasteiger partial charge in [0.1, 0.15) is 6.04 Å². The lowest BCUT2D eigenvalue weighted by Gasteiger charge is -2.29. The van der Waals surface area contributed by atoms with Gasteiger partial charge in [-0.25, -0.2) is 0 Å². The molecular weight excluding hydrogens is 507 g/mol. The summed E-state index contributed by atoms with van der Waals surface area (Å²) in [7, 11) is 0. The van der Waals surface area contributed by atoms with Gasteiger partial charge in [0.15, 0.2) is 0 Å². The van der Waals surface area contributed by atoms with Gasteiger partial charge < -0.3 is 10.2 Å². The molecule has 2 rings (SSSR count). The van der Waals surface area contributed by atoms with Crippen molar-refractivity contribution in [3.05, 3.63) is 68.1 Å². The van der Waals surface area contributed by atoms with E-state index in [0.29, 0.717) is 22.3 Å². The second-order valence-electron chi connectivity index (χ2n) is 7.18. The fourth-order valence-electron chi connectivity index (χ4n) is 2.77. The van der Waals surface area contributed by atoms with E-state index in [1.807, 2.05) is 38.1 Å². The monoisotopic (exact) mass is 530 g/mol. The zero-order valence-corrected chi connectivity index (χ0v) is 21.0. The summed E-state index contributed by atoms with van der Waals surface area (Å²) >= 11 is 17.3. The Morgan fingerprint density at radius 1 is 1.07 bits per heavy atom. The highest BCUT2D eigenvalue weighted by Gasteiger charge is 2.26. The van der Waals surface area contributed by atoms with Crippen LogP contribution in [-0.2, 0) is 21.9 Å². The number of amides is 2. The quantitative estimate of drug-likeness (QED) is 0.436. The van der Waals surface area contributed by atoms with E-state index >= 15 is 0 Å². The summed E-state index contributed by atoms with van der Waals surface area (Å²) < 4.78 is 0.960. The van der Waals surface area contributed by atoms with Crippen molar-refractivity contribution in [2.75, 3.05) is 5.75 Å². The molecule has 0 aliphatic rings. The summed E-state index contributed by atoms with van der Waals surface area (Å²) in [5, 5.41) is 4.05. The highest BCUT2D eigenvalue weighted by molar-refractivity contribution is 9.10. The van der Waals surface area contributed by atoms with Crippen LogP contribution in [0.3, 0.4) is 0 Å². The van der Waals surface area contributed by atoms with E-state index in [1.54, 1.807) is 30.0 Å². The third-order valence-corrected chi connectivity index (χ3v) is 6.58. The average molecular weight is 532 g/mol. The van der Waals surface area contributed by atoms with E-state index in [2.05, 4.69) is 21.2 Å². The fourth-order valence-corrected chi connectivity index (χ4v) is 4.68. The summed E-state index contributed by atoms with van der Waals surface area (Å²) in [4.78, 5) is 27.2. The first-order valence-corrected chi connectivity index (χ1v) is 12.2. The molecule has 1 atom stereocenters. The van der Waals surface area contributed by atoms with Crippen molar-refractivity contribution in [3.8, 4) is 0 Å². The van der Waals surface area contributed by atoms with Crippen LogP contribution >= 0.6 is 50.9 Å². The van der Waals surface area contributed by atoms with Gasteiger partial charge >= 0.3 is 0 Å². The molecule has 162 valence electrons. The Kier molecular flexibility index (Phi) is 10.0. The molecule has 0 heterocycles. The van der Waals surface area contributed by atoms with E-state index in [0.717, 1.165) is 15.6 Å². The van der Waals surface area contributed by atoms with Crippen LogP contribution < -0.4 is 5.32 Å². The molecule has 1 N–H and O–H groups in total. The van der Waals surface area contributed by atoms with Crippen LogP contribution in [0.25, 0.3) is 0 Å². The molecule has 0 bridgehead atoms. The lowest BCUT2D eigenvalue weighted by Crippen LogP contribution is -2.49. The van der Waals surface area contributed by atoms with Crippen molar-refractivity contribution in [2.24, 2.45) is 0 Å². The number of nitrogens with one attached hydrogen (secondary N) is 1. The molecule has 0 radical (unpaired) electrons. The van der Waals surface area contributed by atoms with E-state index < -0.39 is 6.04 Å². The Morgan fingerprint density at radius 3 is 2.23 bits per heavy atom. The van der Waals surface area contributed by atoms with Gasteiger partial charge in [0.05, 0.1) is 5.75 Å². The van der Waals surface area contributed by atoms with E-state index in [9.17, 15) is 9.59 Å². The number of nitrogens with zero attached hydrogens (tertiary/aromatic N) is 1. The van der Waals surface area contributed by atoms with Crippen molar-refractivity contribution in [2.45, 2.75) is 45.2 Å². The Hall–Kier alpha value is -1.21. The van der Waals surface area contributed by atoms with Gasteiger partial charge in [-0.1, -0.05) is 57.3 Å². The molecule has 8 heteroatoms.